The van der Waals surface area contributed by atoms with Crippen molar-refractivity contribution in [2.75, 3.05) is 20.1 Å². The summed E-state index contributed by atoms with van der Waals surface area (Å²) in [4.78, 5) is 11.9. The number of hydrogen-bond donors (Lipinski definition) is 1. The number of piperidine rings is 1. The van der Waals surface area contributed by atoms with Gasteiger partial charge in [-0.15, -0.1) is 0 Å². The summed E-state index contributed by atoms with van der Waals surface area (Å²) >= 11 is 6.97. The van der Waals surface area contributed by atoms with Gasteiger partial charge in [-0.25, -0.2) is 14.4 Å². The fourth-order valence-corrected chi connectivity index (χ4v) is 7.67. The number of pyridine rings is 1. The molecule has 1 N–H and O–H groups in total. The van der Waals surface area contributed by atoms with E-state index in [2.05, 4.69) is 34.0 Å². The summed E-state index contributed by atoms with van der Waals surface area (Å²) < 4.78 is 25.7. The summed E-state index contributed by atoms with van der Waals surface area (Å²) in [7, 11) is 2.10. The van der Waals surface area contributed by atoms with Crippen LogP contribution in [0.2, 0.25) is 5.02 Å². The minimum absolute atomic E-state index is 0.0456. The van der Waals surface area contributed by atoms with E-state index in [9.17, 15) is 10.5 Å². The van der Waals surface area contributed by atoms with E-state index < -0.39 is 5.82 Å². The Labute approximate surface area is 266 Å². The van der Waals surface area contributed by atoms with Crippen molar-refractivity contribution in [3.63, 3.8) is 0 Å². The van der Waals surface area contributed by atoms with Crippen LogP contribution in [0, 0.1) is 28.5 Å². The van der Waals surface area contributed by atoms with Gasteiger partial charge in [0.1, 0.15) is 11.6 Å². The third-order valence-electron chi connectivity index (χ3n) is 9.57. The number of nitrogens with zero attached hydrogens (tertiary/aromatic N) is 6. The van der Waals surface area contributed by atoms with Crippen LogP contribution in [0.15, 0.2) is 48.8 Å². The van der Waals surface area contributed by atoms with Crippen molar-refractivity contribution < 1.29 is 9.13 Å². The summed E-state index contributed by atoms with van der Waals surface area (Å²) in [6.07, 6.45) is 5.67. The van der Waals surface area contributed by atoms with Gasteiger partial charge in [0.2, 0.25) is 5.88 Å². The van der Waals surface area contributed by atoms with Gasteiger partial charge in [0.25, 0.3) is 0 Å². The van der Waals surface area contributed by atoms with E-state index >= 15 is 4.39 Å². The molecule has 0 bridgehead atoms. The first-order valence-corrected chi connectivity index (χ1v) is 15.8. The van der Waals surface area contributed by atoms with Crippen molar-refractivity contribution in [2.24, 2.45) is 0 Å². The molecule has 3 aromatic carbocycles. The average molecular weight is 622 g/mol. The molecule has 8 nitrogen and oxygen atoms in total. The highest BCUT2D eigenvalue weighted by atomic mass is 35.5. The fourth-order valence-electron chi connectivity index (χ4n) is 7.37. The van der Waals surface area contributed by atoms with Gasteiger partial charge in [0.05, 0.1) is 41.0 Å². The van der Waals surface area contributed by atoms with E-state index in [1.54, 1.807) is 24.5 Å². The summed E-state index contributed by atoms with van der Waals surface area (Å²) in [5.41, 5.74) is 2.58. The van der Waals surface area contributed by atoms with Crippen LogP contribution < -0.4 is 10.1 Å². The average Bonchev–Trinajstić information content (AvgIpc) is 3.69. The van der Waals surface area contributed by atoms with E-state index in [-0.39, 0.29) is 46.2 Å². The van der Waals surface area contributed by atoms with Gasteiger partial charge < -0.3 is 14.6 Å². The number of aromatic nitrogens is 3. The lowest BCUT2D eigenvalue weighted by Crippen LogP contribution is -2.38. The largest absolute Gasteiger partial charge is 0.471 e. The van der Waals surface area contributed by atoms with Crippen molar-refractivity contribution in [1.29, 1.82) is 10.5 Å². The first kappa shape index (κ1) is 29.4. The lowest BCUT2D eigenvalue weighted by atomic mass is 9.93. The molecule has 0 saturated carbocycles. The Morgan fingerprint density at radius 2 is 2.00 bits per heavy atom. The highest BCUT2D eigenvalue weighted by Crippen LogP contribution is 2.43. The Hall–Kier alpha value is -4.28. The quantitative estimate of drug-likeness (QED) is 0.215. The number of hydrogen-bond acceptors (Lipinski definition) is 7. The SMILES string of the molecule is C[C@H](Oc1nc2c(F)c(-c3cccc4cccc(C#N)c34)c(Cl)cc2c2c1ncn2[C@H]1CCN[C@H](CC#N)C1)[C@@H]1CCCN1C. The van der Waals surface area contributed by atoms with E-state index in [4.69, 9.17) is 26.3 Å². The first-order chi connectivity index (χ1) is 21.9. The molecule has 2 fully saturated rings. The molecule has 0 spiro atoms. The van der Waals surface area contributed by atoms with Crippen LogP contribution in [0.3, 0.4) is 0 Å². The van der Waals surface area contributed by atoms with Gasteiger partial charge >= 0.3 is 0 Å². The number of ether oxygens (including phenoxy) is 1. The number of rotatable bonds is 6. The predicted octanol–water partition coefficient (Wildman–Crippen LogP) is 7.14. The Morgan fingerprint density at radius 3 is 2.76 bits per heavy atom. The summed E-state index contributed by atoms with van der Waals surface area (Å²) in [6.45, 7) is 3.79. The maximum atomic E-state index is 17.1. The molecule has 2 aromatic heterocycles. The number of benzene rings is 3. The number of nitrogens with one attached hydrogen (secondary N) is 1. The van der Waals surface area contributed by atoms with Crippen molar-refractivity contribution in [1.82, 2.24) is 24.8 Å². The van der Waals surface area contributed by atoms with Crippen LogP contribution in [0.5, 0.6) is 5.88 Å². The zero-order chi connectivity index (χ0) is 31.2. The molecule has 2 saturated heterocycles. The zero-order valence-corrected chi connectivity index (χ0v) is 26.0. The molecule has 2 aliphatic rings. The van der Waals surface area contributed by atoms with Gasteiger partial charge in [-0.1, -0.05) is 41.9 Å². The monoisotopic (exact) mass is 621 g/mol. The number of halogens is 2. The first-order valence-electron chi connectivity index (χ1n) is 15.5. The lowest BCUT2D eigenvalue weighted by molar-refractivity contribution is 0.118. The van der Waals surface area contributed by atoms with Crippen LogP contribution in [0.4, 0.5) is 4.39 Å². The summed E-state index contributed by atoms with van der Waals surface area (Å²) in [5.74, 6) is -0.287. The van der Waals surface area contributed by atoms with Crippen LogP contribution in [0.25, 0.3) is 43.8 Å². The molecule has 10 heteroatoms. The van der Waals surface area contributed by atoms with E-state index in [1.807, 2.05) is 31.2 Å². The molecule has 5 aromatic rings. The van der Waals surface area contributed by atoms with Gasteiger partial charge in [0, 0.05) is 34.5 Å². The molecule has 4 atom stereocenters. The number of imidazole rings is 1. The van der Waals surface area contributed by atoms with Crippen LogP contribution in [-0.2, 0) is 0 Å². The minimum atomic E-state index is -0.574. The molecule has 0 radical (unpaired) electrons. The minimum Gasteiger partial charge on any atom is -0.471 e. The molecule has 2 aliphatic heterocycles. The normalized spacial score (nSPS) is 21.2. The van der Waals surface area contributed by atoms with Crippen molar-refractivity contribution in [2.45, 2.75) is 63.3 Å². The van der Waals surface area contributed by atoms with E-state index in [0.717, 1.165) is 44.2 Å². The molecule has 0 aliphatic carbocycles. The van der Waals surface area contributed by atoms with Gasteiger partial charge in [-0.05, 0) is 75.8 Å². The van der Waals surface area contributed by atoms with Crippen molar-refractivity contribution >= 4 is 44.3 Å². The Balaban J connectivity index is 1.46. The smallest absolute Gasteiger partial charge is 0.243 e. The van der Waals surface area contributed by atoms with Crippen LogP contribution in [0.1, 0.15) is 50.6 Å². The van der Waals surface area contributed by atoms with Crippen molar-refractivity contribution in [3.05, 3.63) is 65.2 Å². The van der Waals surface area contributed by atoms with Crippen LogP contribution >= 0.6 is 11.6 Å². The summed E-state index contributed by atoms with van der Waals surface area (Å²) in [5, 5.41) is 24.9. The highest BCUT2D eigenvalue weighted by molar-refractivity contribution is 6.35. The maximum Gasteiger partial charge on any atom is 0.243 e. The lowest BCUT2D eigenvalue weighted by Gasteiger charge is -2.30. The third kappa shape index (κ3) is 5.06. The molecule has 0 amide bonds. The standard InChI is InChI=1S/C35H33ClFN7O/c1-20(28-10-5-15-43(28)2)45-35-33-34(44(19-41-33)24-12-14-40-23(16-24)11-13-38)26-17-27(36)30(31(37)32(26)42-35)25-9-4-7-21-6-3-8-22(18-39)29(21)25/h3-4,6-9,17,19-20,23-24,28,40H,5,10-12,14-16H2,1-2H3/t20-,23+,24-,28-/m0/s1. The second-order valence-corrected chi connectivity index (χ2v) is 12.6. The second-order valence-electron chi connectivity index (χ2n) is 12.2. The Morgan fingerprint density at radius 1 is 1.18 bits per heavy atom. The van der Waals surface area contributed by atoms with Gasteiger partial charge in [0.15, 0.2) is 11.3 Å². The highest BCUT2D eigenvalue weighted by Gasteiger charge is 2.31. The maximum absolute atomic E-state index is 17.1. The van der Waals surface area contributed by atoms with Gasteiger partial charge in [-0.2, -0.15) is 10.5 Å². The molecular formula is C35H33ClFN7O. The van der Waals surface area contributed by atoms with E-state index in [0.29, 0.717) is 39.4 Å². The number of likely N-dealkylation sites (tertiary alicyclic amines) is 1. The molecule has 4 heterocycles. The number of fused-ring (bicyclic) bond motifs is 4. The molecule has 45 heavy (non-hydrogen) atoms. The molecular weight excluding hydrogens is 589 g/mol. The van der Waals surface area contributed by atoms with Crippen LogP contribution in [-0.4, -0.2) is 57.8 Å². The Kier molecular flexibility index (Phi) is 7.79. The number of likely N-dealkylation sites (N-methyl/N-ethyl adjacent to an activating group) is 1. The third-order valence-corrected chi connectivity index (χ3v) is 9.86. The molecule has 0 unspecified atom stereocenters. The molecule has 7 rings (SSSR count). The fraction of sp³-hybridized carbons (Fsp3) is 0.371. The second kappa shape index (κ2) is 11.9. The summed E-state index contributed by atoms with van der Waals surface area (Å²) in [6, 6.07) is 17.6. The topological polar surface area (TPSA) is 103 Å². The van der Waals surface area contributed by atoms with E-state index in [1.165, 1.54) is 0 Å². The Bertz CT molecular complexity index is 2020. The number of nitriles is 2. The zero-order valence-electron chi connectivity index (χ0n) is 25.2. The van der Waals surface area contributed by atoms with Crippen molar-refractivity contribution in [3.8, 4) is 29.1 Å². The predicted molar refractivity (Wildman–Crippen MR) is 174 cm³/mol. The molecule has 228 valence electrons. The van der Waals surface area contributed by atoms with Gasteiger partial charge in [-0.3, -0.25) is 4.90 Å².